The minimum atomic E-state index is 0.0680. The van der Waals surface area contributed by atoms with E-state index < -0.39 is 0 Å². The lowest BCUT2D eigenvalue weighted by molar-refractivity contribution is -0.122. The van der Waals surface area contributed by atoms with E-state index in [1.54, 1.807) is 6.07 Å². The lowest BCUT2D eigenvalue weighted by atomic mass is 9.87. The van der Waals surface area contributed by atoms with Crippen LogP contribution in [0.2, 0.25) is 0 Å². The third-order valence-electron chi connectivity index (χ3n) is 4.04. The van der Waals surface area contributed by atoms with E-state index in [-0.39, 0.29) is 11.9 Å². The highest BCUT2D eigenvalue weighted by molar-refractivity contribution is 5.78. The van der Waals surface area contributed by atoms with Crippen LogP contribution >= 0.6 is 0 Å². The van der Waals surface area contributed by atoms with Gasteiger partial charge in [0.05, 0.1) is 6.54 Å². The Morgan fingerprint density at radius 1 is 1.48 bits per heavy atom. The summed E-state index contributed by atoms with van der Waals surface area (Å²) in [5, 5.41) is 12.7. The number of phenols is 1. The van der Waals surface area contributed by atoms with Gasteiger partial charge in [0.2, 0.25) is 5.91 Å². The highest BCUT2D eigenvalue weighted by Gasteiger charge is 2.25. The van der Waals surface area contributed by atoms with Gasteiger partial charge in [-0.3, -0.25) is 9.69 Å². The SMILES string of the molecule is CC(C)CNC(=O)CN(C)C1CCCc2ccc(O)cc21. The molecule has 0 heterocycles. The molecule has 2 rings (SSSR count). The molecule has 2 N–H and O–H groups in total. The Balaban J connectivity index is 2.02. The normalized spacial score (nSPS) is 17.9. The van der Waals surface area contributed by atoms with Crippen LogP contribution in [-0.2, 0) is 11.2 Å². The molecule has 0 saturated heterocycles. The summed E-state index contributed by atoms with van der Waals surface area (Å²) in [4.78, 5) is 14.1. The summed E-state index contributed by atoms with van der Waals surface area (Å²) in [7, 11) is 1.98. The smallest absolute Gasteiger partial charge is 0.234 e. The quantitative estimate of drug-likeness (QED) is 0.876. The highest BCUT2D eigenvalue weighted by atomic mass is 16.3. The number of phenolic OH excluding ortho intramolecular Hbond substituents is 1. The van der Waals surface area contributed by atoms with E-state index in [9.17, 15) is 9.90 Å². The average molecular weight is 290 g/mol. The minimum Gasteiger partial charge on any atom is -0.508 e. The van der Waals surface area contributed by atoms with E-state index in [1.165, 1.54) is 11.1 Å². The third kappa shape index (κ3) is 4.21. The van der Waals surface area contributed by atoms with Gasteiger partial charge >= 0.3 is 0 Å². The van der Waals surface area contributed by atoms with E-state index in [4.69, 9.17) is 0 Å². The fraction of sp³-hybridized carbons (Fsp3) is 0.588. The number of benzene rings is 1. The molecule has 1 aromatic carbocycles. The van der Waals surface area contributed by atoms with Gasteiger partial charge in [-0.1, -0.05) is 19.9 Å². The Morgan fingerprint density at radius 2 is 2.24 bits per heavy atom. The van der Waals surface area contributed by atoms with Crippen LogP contribution in [0.1, 0.15) is 43.9 Å². The number of rotatable bonds is 5. The topological polar surface area (TPSA) is 52.6 Å². The minimum absolute atomic E-state index is 0.0680. The highest BCUT2D eigenvalue weighted by Crippen LogP contribution is 2.35. The van der Waals surface area contributed by atoms with Crippen molar-refractivity contribution >= 4 is 5.91 Å². The molecule has 0 fully saturated rings. The Kier molecular flexibility index (Phi) is 5.23. The van der Waals surface area contributed by atoms with Gasteiger partial charge in [0.1, 0.15) is 5.75 Å². The fourth-order valence-corrected chi connectivity index (χ4v) is 2.93. The molecular weight excluding hydrogens is 264 g/mol. The molecule has 0 aliphatic heterocycles. The Labute approximate surface area is 127 Å². The number of hydrogen-bond acceptors (Lipinski definition) is 3. The van der Waals surface area contributed by atoms with Crippen LogP contribution in [0, 0.1) is 5.92 Å². The predicted octanol–water partition coefficient (Wildman–Crippen LogP) is 2.47. The zero-order valence-electron chi connectivity index (χ0n) is 13.2. The van der Waals surface area contributed by atoms with Gasteiger partial charge in [0.15, 0.2) is 0 Å². The molecule has 0 spiro atoms. The van der Waals surface area contributed by atoms with Crippen molar-refractivity contribution in [2.24, 2.45) is 5.92 Å². The number of carbonyl (C=O) groups excluding carboxylic acids is 1. The molecule has 4 heteroatoms. The van der Waals surface area contributed by atoms with Crippen LogP contribution < -0.4 is 5.32 Å². The molecule has 1 aromatic rings. The van der Waals surface area contributed by atoms with Gasteiger partial charge in [-0.15, -0.1) is 0 Å². The van der Waals surface area contributed by atoms with Crippen molar-refractivity contribution in [3.05, 3.63) is 29.3 Å². The summed E-state index contributed by atoms with van der Waals surface area (Å²) in [6.45, 7) is 5.29. The molecule has 1 aliphatic rings. The van der Waals surface area contributed by atoms with E-state index in [0.29, 0.717) is 24.8 Å². The monoisotopic (exact) mass is 290 g/mol. The first-order valence-corrected chi connectivity index (χ1v) is 7.76. The number of nitrogens with one attached hydrogen (secondary N) is 1. The van der Waals surface area contributed by atoms with Crippen molar-refractivity contribution in [1.29, 1.82) is 0 Å². The van der Waals surface area contributed by atoms with Crippen LogP contribution in [0.15, 0.2) is 18.2 Å². The average Bonchev–Trinajstić information content (AvgIpc) is 2.44. The summed E-state index contributed by atoms with van der Waals surface area (Å²) in [5.74, 6) is 0.836. The first-order valence-electron chi connectivity index (χ1n) is 7.76. The lowest BCUT2D eigenvalue weighted by Gasteiger charge is -2.33. The van der Waals surface area contributed by atoms with Crippen molar-refractivity contribution in [2.75, 3.05) is 20.1 Å². The molecule has 1 amide bonds. The molecule has 1 atom stereocenters. The molecule has 0 radical (unpaired) electrons. The number of hydrogen-bond donors (Lipinski definition) is 2. The second-order valence-corrected chi connectivity index (χ2v) is 6.40. The van der Waals surface area contributed by atoms with Gasteiger partial charge in [0.25, 0.3) is 0 Å². The second-order valence-electron chi connectivity index (χ2n) is 6.40. The standard InChI is InChI=1S/C17H26N2O2/c1-12(2)10-18-17(21)11-19(3)16-6-4-5-13-7-8-14(20)9-15(13)16/h7-9,12,16,20H,4-6,10-11H2,1-3H3,(H,18,21). The number of aryl methyl sites for hydroxylation is 1. The summed E-state index contributed by atoms with van der Waals surface area (Å²) < 4.78 is 0. The van der Waals surface area contributed by atoms with E-state index >= 15 is 0 Å². The van der Waals surface area contributed by atoms with Crippen LogP contribution in [0.4, 0.5) is 0 Å². The van der Waals surface area contributed by atoms with E-state index in [0.717, 1.165) is 19.3 Å². The van der Waals surface area contributed by atoms with Crippen LogP contribution in [-0.4, -0.2) is 36.1 Å². The molecule has 21 heavy (non-hydrogen) atoms. The number of likely N-dealkylation sites (N-methyl/N-ethyl adjacent to an activating group) is 1. The Hall–Kier alpha value is -1.55. The molecule has 0 bridgehead atoms. The maximum absolute atomic E-state index is 12.0. The van der Waals surface area contributed by atoms with Crippen LogP contribution in [0.25, 0.3) is 0 Å². The summed E-state index contributed by atoms with van der Waals surface area (Å²) in [6.07, 6.45) is 3.21. The third-order valence-corrected chi connectivity index (χ3v) is 4.04. The van der Waals surface area contributed by atoms with Gasteiger partial charge in [-0.25, -0.2) is 0 Å². The molecule has 1 unspecified atom stereocenters. The maximum Gasteiger partial charge on any atom is 0.234 e. The van der Waals surface area contributed by atoms with Gasteiger partial charge in [0, 0.05) is 12.6 Å². The van der Waals surface area contributed by atoms with Crippen LogP contribution in [0.3, 0.4) is 0 Å². The van der Waals surface area contributed by atoms with Gasteiger partial charge < -0.3 is 10.4 Å². The predicted molar refractivity (Wildman–Crippen MR) is 84.3 cm³/mol. The van der Waals surface area contributed by atoms with E-state index in [1.807, 2.05) is 19.2 Å². The zero-order valence-corrected chi connectivity index (χ0v) is 13.2. The number of nitrogens with zero attached hydrogens (tertiary/aromatic N) is 1. The number of amides is 1. The number of carbonyl (C=O) groups is 1. The largest absolute Gasteiger partial charge is 0.508 e. The molecule has 4 nitrogen and oxygen atoms in total. The van der Waals surface area contributed by atoms with Crippen LogP contribution in [0.5, 0.6) is 5.75 Å². The van der Waals surface area contributed by atoms with Crippen molar-refractivity contribution in [1.82, 2.24) is 10.2 Å². The Bertz CT molecular complexity index is 500. The number of aromatic hydroxyl groups is 1. The zero-order chi connectivity index (χ0) is 15.4. The first kappa shape index (κ1) is 15.8. The summed E-state index contributed by atoms with van der Waals surface area (Å²) in [5.41, 5.74) is 2.46. The van der Waals surface area contributed by atoms with Gasteiger partial charge in [-0.05, 0) is 55.5 Å². The molecule has 0 aromatic heterocycles. The maximum atomic E-state index is 12.0. The van der Waals surface area contributed by atoms with Crippen molar-refractivity contribution < 1.29 is 9.90 Å². The number of fused-ring (bicyclic) bond motifs is 1. The van der Waals surface area contributed by atoms with E-state index in [2.05, 4.69) is 24.1 Å². The Morgan fingerprint density at radius 3 is 2.95 bits per heavy atom. The summed E-state index contributed by atoms with van der Waals surface area (Å²) >= 11 is 0. The van der Waals surface area contributed by atoms with Crippen molar-refractivity contribution in [3.63, 3.8) is 0 Å². The molecule has 1 aliphatic carbocycles. The fourth-order valence-electron chi connectivity index (χ4n) is 2.93. The lowest BCUT2D eigenvalue weighted by Crippen LogP contribution is -2.39. The molecule has 0 saturated carbocycles. The molecular formula is C17H26N2O2. The van der Waals surface area contributed by atoms with Gasteiger partial charge in [-0.2, -0.15) is 0 Å². The molecule has 116 valence electrons. The first-order chi connectivity index (χ1) is 9.97. The summed E-state index contributed by atoms with van der Waals surface area (Å²) in [6, 6.07) is 5.81. The van der Waals surface area contributed by atoms with Crippen molar-refractivity contribution in [2.45, 2.75) is 39.2 Å². The van der Waals surface area contributed by atoms with Crippen molar-refractivity contribution in [3.8, 4) is 5.75 Å². The second kappa shape index (κ2) is 6.94.